The molecule has 1 aliphatic heterocycles. The highest BCUT2D eigenvalue weighted by molar-refractivity contribution is 5.80. The van der Waals surface area contributed by atoms with Crippen LogP contribution in [0.2, 0.25) is 0 Å². The van der Waals surface area contributed by atoms with Crippen LogP contribution in [0, 0.1) is 5.92 Å². The van der Waals surface area contributed by atoms with Gasteiger partial charge in [-0.25, -0.2) is 4.99 Å². The van der Waals surface area contributed by atoms with Gasteiger partial charge in [-0.1, -0.05) is 0 Å². The fraction of sp³-hybridized carbons (Fsp3) is 0.778. The lowest BCUT2D eigenvalue weighted by atomic mass is 9.93. The van der Waals surface area contributed by atoms with Gasteiger partial charge in [0.05, 0.1) is 0 Å². The van der Waals surface area contributed by atoms with E-state index in [1.165, 1.54) is 12.8 Å². The van der Waals surface area contributed by atoms with Gasteiger partial charge < -0.3 is 5.32 Å². The summed E-state index contributed by atoms with van der Waals surface area (Å²) in [6.45, 7) is 5.41. The zero-order chi connectivity index (χ0) is 8.81. The molecule has 68 valence electrons. The Morgan fingerprint density at radius 1 is 1.50 bits per heavy atom. The van der Waals surface area contributed by atoms with E-state index in [9.17, 15) is 4.79 Å². The van der Waals surface area contributed by atoms with Crippen molar-refractivity contribution in [3.05, 3.63) is 0 Å². The molecule has 1 rings (SSSR count). The first-order valence-electron chi connectivity index (χ1n) is 4.53. The summed E-state index contributed by atoms with van der Waals surface area (Å²) in [6.07, 6.45) is 3.96. The van der Waals surface area contributed by atoms with Crippen molar-refractivity contribution in [1.82, 2.24) is 5.32 Å². The largest absolute Gasteiger partial charge is 0.317 e. The van der Waals surface area contributed by atoms with Crippen LogP contribution in [0.5, 0.6) is 0 Å². The molecular formula is C9H16N2O. The maximum absolute atomic E-state index is 10.8. The van der Waals surface area contributed by atoms with Crippen LogP contribution >= 0.6 is 0 Å². The maximum atomic E-state index is 10.8. The highest BCUT2D eigenvalue weighted by Gasteiger charge is 2.13. The SMILES string of the molecule is C=NC(=O)CCC1CCNCC1. The zero-order valence-corrected chi connectivity index (χ0v) is 7.38. The Morgan fingerprint density at radius 3 is 2.75 bits per heavy atom. The number of carbonyl (C=O) groups excluding carboxylic acids is 1. The first-order valence-corrected chi connectivity index (χ1v) is 4.53. The fourth-order valence-corrected chi connectivity index (χ4v) is 1.58. The lowest BCUT2D eigenvalue weighted by molar-refractivity contribution is -0.118. The van der Waals surface area contributed by atoms with Gasteiger partial charge in [0.25, 0.3) is 0 Å². The molecule has 0 aliphatic carbocycles. The van der Waals surface area contributed by atoms with Gasteiger partial charge in [0.1, 0.15) is 0 Å². The van der Waals surface area contributed by atoms with E-state index >= 15 is 0 Å². The van der Waals surface area contributed by atoms with Crippen LogP contribution in [0.3, 0.4) is 0 Å². The molecule has 1 saturated heterocycles. The molecule has 3 nitrogen and oxygen atoms in total. The quantitative estimate of drug-likeness (QED) is 0.638. The van der Waals surface area contributed by atoms with Crippen molar-refractivity contribution >= 4 is 12.6 Å². The minimum Gasteiger partial charge on any atom is -0.317 e. The molecule has 12 heavy (non-hydrogen) atoms. The second kappa shape index (κ2) is 5.04. The molecule has 1 N–H and O–H groups in total. The number of hydrogen-bond acceptors (Lipinski definition) is 2. The van der Waals surface area contributed by atoms with E-state index in [-0.39, 0.29) is 5.91 Å². The van der Waals surface area contributed by atoms with E-state index in [1.54, 1.807) is 0 Å². The summed E-state index contributed by atoms with van der Waals surface area (Å²) >= 11 is 0. The Labute approximate surface area is 73.3 Å². The number of amides is 1. The first-order chi connectivity index (χ1) is 5.83. The van der Waals surface area contributed by atoms with Gasteiger partial charge in [-0.2, -0.15) is 0 Å². The lowest BCUT2D eigenvalue weighted by Crippen LogP contribution is -2.27. The predicted octanol–water partition coefficient (Wildman–Crippen LogP) is 0.993. The van der Waals surface area contributed by atoms with Gasteiger partial charge in [-0.15, -0.1) is 0 Å². The third-order valence-corrected chi connectivity index (χ3v) is 2.40. The summed E-state index contributed by atoms with van der Waals surface area (Å²) in [5.41, 5.74) is 0. The normalized spacial score (nSPS) is 19.0. The average Bonchev–Trinajstić information content (AvgIpc) is 2.16. The average molecular weight is 168 g/mol. The Morgan fingerprint density at radius 2 is 2.17 bits per heavy atom. The van der Waals surface area contributed by atoms with Crippen LogP contribution in [-0.2, 0) is 4.79 Å². The van der Waals surface area contributed by atoms with Crippen molar-refractivity contribution in [2.24, 2.45) is 10.9 Å². The predicted molar refractivity (Wildman–Crippen MR) is 49.4 cm³/mol. The number of nitrogens with one attached hydrogen (secondary N) is 1. The number of aliphatic imine (C=N–C) groups is 1. The van der Waals surface area contributed by atoms with E-state index in [0.29, 0.717) is 6.42 Å². The number of rotatable bonds is 3. The molecule has 0 unspecified atom stereocenters. The summed E-state index contributed by atoms with van der Waals surface area (Å²) in [5, 5.41) is 3.30. The van der Waals surface area contributed by atoms with E-state index in [2.05, 4.69) is 17.0 Å². The van der Waals surface area contributed by atoms with Crippen molar-refractivity contribution in [3.8, 4) is 0 Å². The molecule has 0 radical (unpaired) electrons. The molecule has 1 aliphatic rings. The van der Waals surface area contributed by atoms with Crippen molar-refractivity contribution in [3.63, 3.8) is 0 Å². The number of nitrogens with zero attached hydrogens (tertiary/aromatic N) is 1. The van der Waals surface area contributed by atoms with Gasteiger partial charge in [0.2, 0.25) is 5.91 Å². The van der Waals surface area contributed by atoms with Gasteiger partial charge in [0.15, 0.2) is 0 Å². The summed E-state index contributed by atoms with van der Waals surface area (Å²) in [5.74, 6) is 0.658. The van der Waals surface area contributed by atoms with Gasteiger partial charge in [0, 0.05) is 6.42 Å². The van der Waals surface area contributed by atoms with Crippen LogP contribution in [0.1, 0.15) is 25.7 Å². The molecule has 0 saturated carbocycles. The monoisotopic (exact) mass is 168 g/mol. The van der Waals surface area contributed by atoms with Crippen LogP contribution < -0.4 is 5.32 Å². The molecule has 0 spiro atoms. The molecule has 1 heterocycles. The van der Waals surface area contributed by atoms with Crippen molar-refractivity contribution in [1.29, 1.82) is 0 Å². The molecular weight excluding hydrogens is 152 g/mol. The summed E-state index contributed by atoms with van der Waals surface area (Å²) < 4.78 is 0. The van der Waals surface area contributed by atoms with Crippen molar-refractivity contribution in [2.45, 2.75) is 25.7 Å². The molecule has 1 amide bonds. The zero-order valence-electron chi connectivity index (χ0n) is 7.38. The molecule has 0 aromatic rings. The van der Waals surface area contributed by atoms with E-state index in [0.717, 1.165) is 25.4 Å². The highest BCUT2D eigenvalue weighted by Crippen LogP contribution is 2.17. The number of carbonyl (C=O) groups is 1. The molecule has 3 heteroatoms. The van der Waals surface area contributed by atoms with E-state index in [1.807, 2.05) is 0 Å². The maximum Gasteiger partial charge on any atom is 0.245 e. The van der Waals surface area contributed by atoms with Crippen molar-refractivity contribution in [2.75, 3.05) is 13.1 Å². The van der Waals surface area contributed by atoms with Gasteiger partial charge in [-0.05, 0) is 45.0 Å². The molecule has 0 atom stereocenters. The topological polar surface area (TPSA) is 41.5 Å². The van der Waals surface area contributed by atoms with E-state index in [4.69, 9.17) is 0 Å². The number of hydrogen-bond donors (Lipinski definition) is 1. The fourth-order valence-electron chi connectivity index (χ4n) is 1.58. The second-order valence-corrected chi connectivity index (χ2v) is 3.28. The van der Waals surface area contributed by atoms with Crippen molar-refractivity contribution < 1.29 is 4.79 Å². The van der Waals surface area contributed by atoms with Gasteiger partial charge in [-0.3, -0.25) is 4.79 Å². The van der Waals surface area contributed by atoms with Crippen LogP contribution in [-0.4, -0.2) is 25.7 Å². The van der Waals surface area contributed by atoms with Gasteiger partial charge >= 0.3 is 0 Å². The Balaban J connectivity index is 2.12. The first kappa shape index (κ1) is 9.39. The molecule has 0 bridgehead atoms. The molecule has 0 aromatic carbocycles. The summed E-state index contributed by atoms with van der Waals surface area (Å²) in [6, 6.07) is 0. The highest BCUT2D eigenvalue weighted by atomic mass is 16.1. The molecule has 0 aromatic heterocycles. The molecule has 1 fully saturated rings. The third kappa shape index (κ3) is 3.13. The smallest absolute Gasteiger partial charge is 0.245 e. The Kier molecular flexibility index (Phi) is 3.94. The second-order valence-electron chi connectivity index (χ2n) is 3.28. The minimum absolute atomic E-state index is 0.0615. The Hall–Kier alpha value is -0.700. The summed E-state index contributed by atoms with van der Waals surface area (Å²) in [7, 11) is 0. The lowest BCUT2D eigenvalue weighted by Gasteiger charge is -2.21. The van der Waals surface area contributed by atoms with E-state index < -0.39 is 0 Å². The van der Waals surface area contributed by atoms with Crippen LogP contribution in [0.15, 0.2) is 4.99 Å². The standard InChI is InChI=1S/C9H16N2O/c1-10-9(12)3-2-8-4-6-11-7-5-8/h8,11H,1-7H2. The van der Waals surface area contributed by atoms with Crippen LogP contribution in [0.4, 0.5) is 0 Å². The minimum atomic E-state index is -0.0615. The third-order valence-electron chi connectivity index (χ3n) is 2.40. The van der Waals surface area contributed by atoms with Crippen LogP contribution in [0.25, 0.3) is 0 Å². The Bertz CT molecular complexity index is 162. The summed E-state index contributed by atoms with van der Waals surface area (Å²) in [4.78, 5) is 14.2. The number of piperidine rings is 1.